The zero-order valence-corrected chi connectivity index (χ0v) is 14.3. The lowest BCUT2D eigenvalue weighted by Crippen LogP contribution is -2.33. The summed E-state index contributed by atoms with van der Waals surface area (Å²) in [7, 11) is -1.71. The predicted octanol–water partition coefficient (Wildman–Crippen LogP) is 2.05. The summed E-state index contributed by atoms with van der Waals surface area (Å²) < 4.78 is 26.8. The van der Waals surface area contributed by atoms with Crippen molar-refractivity contribution in [2.24, 2.45) is 7.05 Å². The summed E-state index contributed by atoms with van der Waals surface area (Å²) in [5.74, 6) is -0.450. The van der Waals surface area contributed by atoms with Crippen LogP contribution in [-0.2, 0) is 22.6 Å². The number of aromatic nitrogens is 2. The molecular weight excluding hydrogens is 326 g/mol. The average molecular weight is 345 g/mol. The quantitative estimate of drug-likeness (QED) is 0.903. The van der Waals surface area contributed by atoms with Gasteiger partial charge in [0.1, 0.15) is 0 Å². The number of hydrogen-bond acceptors (Lipinski definition) is 4. The van der Waals surface area contributed by atoms with E-state index >= 15 is 0 Å². The van der Waals surface area contributed by atoms with E-state index in [2.05, 4.69) is 10.4 Å². The number of fused-ring (bicyclic) bond motifs is 3. The minimum atomic E-state index is -3.46. The molecule has 1 amide bonds. The summed E-state index contributed by atoms with van der Waals surface area (Å²) in [4.78, 5) is 12.9. The Morgan fingerprint density at radius 1 is 1.25 bits per heavy atom. The van der Waals surface area contributed by atoms with Gasteiger partial charge < -0.3 is 5.32 Å². The van der Waals surface area contributed by atoms with Crippen LogP contribution in [0.15, 0.2) is 29.2 Å². The number of nitrogens with zero attached hydrogens (tertiary/aromatic N) is 2. The summed E-state index contributed by atoms with van der Waals surface area (Å²) in [6, 6.07) is 7.06. The molecule has 1 saturated carbocycles. The van der Waals surface area contributed by atoms with Crippen LogP contribution in [0.4, 0.5) is 0 Å². The Morgan fingerprint density at radius 3 is 2.71 bits per heavy atom. The van der Waals surface area contributed by atoms with E-state index in [4.69, 9.17) is 0 Å². The Kier molecular flexibility index (Phi) is 3.49. The van der Waals surface area contributed by atoms with Crippen LogP contribution in [-0.4, -0.2) is 30.1 Å². The lowest BCUT2D eigenvalue weighted by Gasteiger charge is -2.18. The highest BCUT2D eigenvalue weighted by Crippen LogP contribution is 2.38. The molecule has 0 radical (unpaired) electrons. The minimum Gasteiger partial charge on any atom is -0.348 e. The molecule has 1 aromatic heterocycles. The second kappa shape index (κ2) is 5.44. The van der Waals surface area contributed by atoms with Gasteiger partial charge in [0.2, 0.25) is 0 Å². The van der Waals surface area contributed by atoms with E-state index in [9.17, 15) is 13.2 Å². The first-order valence-electron chi connectivity index (χ1n) is 8.16. The van der Waals surface area contributed by atoms with Gasteiger partial charge in [0.05, 0.1) is 16.3 Å². The fraction of sp³-hybridized carbons (Fsp3) is 0.412. The van der Waals surface area contributed by atoms with Crippen molar-refractivity contribution in [1.82, 2.24) is 15.1 Å². The monoisotopic (exact) mass is 345 g/mol. The number of carbonyl (C=O) groups is 1. The molecule has 2 aromatic rings. The van der Waals surface area contributed by atoms with Crippen molar-refractivity contribution in [2.45, 2.75) is 42.4 Å². The number of amides is 1. The van der Waals surface area contributed by atoms with E-state index in [-0.39, 0.29) is 23.4 Å². The van der Waals surface area contributed by atoms with Crippen molar-refractivity contribution >= 4 is 15.7 Å². The largest absolute Gasteiger partial charge is 0.348 e. The van der Waals surface area contributed by atoms with Crippen LogP contribution in [0.5, 0.6) is 0 Å². The molecule has 2 aliphatic rings. The lowest BCUT2D eigenvalue weighted by atomic mass is 10.1. The number of rotatable bonds is 2. The topological polar surface area (TPSA) is 81.1 Å². The van der Waals surface area contributed by atoms with Crippen LogP contribution < -0.4 is 5.32 Å². The van der Waals surface area contributed by atoms with Crippen molar-refractivity contribution in [3.05, 3.63) is 35.5 Å². The predicted molar refractivity (Wildman–Crippen MR) is 89.3 cm³/mol. The van der Waals surface area contributed by atoms with E-state index < -0.39 is 9.84 Å². The summed E-state index contributed by atoms with van der Waals surface area (Å²) in [5.41, 5.74) is 2.08. The number of nitrogens with one attached hydrogen (secondary N) is 1. The molecule has 6 nitrogen and oxygen atoms in total. The maximum atomic E-state index is 12.6. The first kappa shape index (κ1) is 15.4. The summed E-state index contributed by atoms with van der Waals surface area (Å²) >= 11 is 0. The third-order valence-corrected chi connectivity index (χ3v) is 6.56. The zero-order valence-electron chi connectivity index (χ0n) is 13.4. The maximum Gasteiger partial charge on any atom is 0.272 e. The Morgan fingerprint density at radius 2 is 1.96 bits per heavy atom. The van der Waals surface area contributed by atoms with E-state index in [0.717, 1.165) is 31.4 Å². The van der Waals surface area contributed by atoms with Gasteiger partial charge in [-0.2, -0.15) is 5.10 Å². The molecule has 1 fully saturated rings. The second-order valence-electron chi connectivity index (χ2n) is 6.51. The molecule has 24 heavy (non-hydrogen) atoms. The number of benzene rings is 1. The third-order valence-electron chi connectivity index (χ3n) is 4.86. The van der Waals surface area contributed by atoms with E-state index in [1.807, 2.05) is 0 Å². The van der Waals surface area contributed by atoms with Crippen LogP contribution in [0.25, 0.3) is 11.3 Å². The van der Waals surface area contributed by atoms with Gasteiger partial charge in [0.15, 0.2) is 15.5 Å². The highest BCUT2D eigenvalue weighted by Gasteiger charge is 2.35. The molecule has 0 atom stereocenters. The Hall–Kier alpha value is -2.15. The Bertz CT molecular complexity index is 925. The van der Waals surface area contributed by atoms with Gasteiger partial charge in [-0.15, -0.1) is 0 Å². The molecule has 126 valence electrons. The van der Waals surface area contributed by atoms with Crippen LogP contribution in [0.1, 0.15) is 41.7 Å². The van der Waals surface area contributed by atoms with Crippen LogP contribution >= 0.6 is 0 Å². The van der Waals surface area contributed by atoms with Gasteiger partial charge in [0.25, 0.3) is 5.91 Å². The smallest absolute Gasteiger partial charge is 0.272 e. The lowest BCUT2D eigenvalue weighted by molar-refractivity contribution is 0.0931. The van der Waals surface area contributed by atoms with E-state index in [1.165, 1.54) is 0 Å². The highest BCUT2D eigenvalue weighted by atomic mass is 32.2. The van der Waals surface area contributed by atoms with Crippen LogP contribution in [0, 0.1) is 0 Å². The van der Waals surface area contributed by atoms with Crippen molar-refractivity contribution < 1.29 is 13.2 Å². The van der Waals surface area contributed by atoms with Crippen LogP contribution in [0.2, 0.25) is 0 Å². The molecule has 1 aliphatic heterocycles. The molecule has 0 saturated heterocycles. The van der Waals surface area contributed by atoms with E-state index in [1.54, 1.807) is 36.0 Å². The molecule has 0 bridgehead atoms. The van der Waals surface area contributed by atoms with Gasteiger partial charge in [0, 0.05) is 24.2 Å². The number of sulfone groups is 1. The molecule has 4 rings (SSSR count). The Labute approximate surface area is 140 Å². The second-order valence-corrected chi connectivity index (χ2v) is 8.47. The van der Waals surface area contributed by atoms with Crippen molar-refractivity contribution in [2.75, 3.05) is 0 Å². The SMILES string of the molecule is Cn1nc(C(=O)NC2CCCC2)c2c1-c1ccccc1S(=O)(=O)C2. The normalized spacial score (nSPS) is 18.9. The average Bonchev–Trinajstić information content (AvgIpc) is 3.15. The maximum absolute atomic E-state index is 12.6. The van der Waals surface area contributed by atoms with Gasteiger partial charge in [-0.1, -0.05) is 31.0 Å². The van der Waals surface area contributed by atoms with Gasteiger partial charge >= 0.3 is 0 Å². The molecule has 2 heterocycles. The van der Waals surface area contributed by atoms with Crippen LogP contribution in [0.3, 0.4) is 0 Å². The van der Waals surface area contributed by atoms with E-state index in [0.29, 0.717) is 16.0 Å². The molecule has 7 heteroatoms. The highest BCUT2D eigenvalue weighted by molar-refractivity contribution is 7.90. The molecule has 1 aromatic carbocycles. The first-order valence-corrected chi connectivity index (χ1v) is 9.81. The fourth-order valence-corrected chi connectivity index (χ4v) is 5.34. The zero-order chi connectivity index (χ0) is 16.9. The molecule has 0 spiro atoms. The van der Waals surface area contributed by atoms with Crippen molar-refractivity contribution in [3.63, 3.8) is 0 Å². The van der Waals surface area contributed by atoms with Gasteiger partial charge in [-0.3, -0.25) is 9.48 Å². The molecule has 1 N–H and O–H groups in total. The number of hydrogen-bond donors (Lipinski definition) is 1. The molecule has 0 unspecified atom stereocenters. The summed E-state index contributed by atoms with van der Waals surface area (Å²) in [5, 5.41) is 7.34. The minimum absolute atomic E-state index is 0.169. The fourth-order valence-electron chi connectivity index (χ4n) is 3.75. The summed E-state index contributed by atoms with van der Waals surface area (Å²) in [6.45, 7) is 0. The van der Waals surface area contributed by atoms with Gasteiger partial charge in [-0.25, -0.2) is 8.42 Å². The molecular formula is C17H19N3O3S. The standard InChI is InChI=1S/C17H19N3O3S/c1-20-16-12-8-4-5-9-14(12)24(22,23)10-13(16)15(19-20)17(21)18-11-6-2-3-7-11/h4-5,8-9,11H,2-3,6-7,10H2,1H3,(H,18,21). The number of carbonyl (C=O) groups excluding carboxylic acids is 1. The van der Waals surface area contributed by atoms with Crippen molar-refractivity contribution in [3.8, 4) is 11.3 Å². The van der Waals surface area contributed by atoms with Crippen molar-refractivity contribution in [1.29, 1.82) is 0 Å². The number of aryl methyl sites for hydroxylation is 1. The Balaban J connectivity index is 1.80. The third kappa shape index (κ3) is 2.34. The molecule has 1 aliphatic carbocycles. The first-order chi connectivity index (χ1) is 11.5. The summed E-state index contributed by atoms with van der Waals surface area (Å²) in [6.07, 6.45) is 4.18. The van der Waals surface area contributed by atoms with Gasteiger partial charge in [-0.05, 0) is 18.9 Å².